The minimum atomic E-state index is -0.242. The molecule has 1 saturated carbocycles. The van der Waals surface area contributed by atoms with Crippen LogP contribution in [0, 0.1) is 11.7 Å². The zero-order valence-electron chi connectivity index (χ0n) is 14.5. The van der Waals surface area contributed by atoms with Gasteiger partial charge in [0.15, 0.2) is 0 Å². The monoisotopic (exact) mass is 395 g/mol. The number of amides is 1. The Morgan fingerprint density at radius 3 is 2.73 bits per heavy atom. The number of carbonyl (C=O) groups excluding carboxylic acids is 1. The van der Waals surface area contributed by atoms with Crippen molar-refractivity contribution in [2.45, 2.75) is 38.1 Å². The first-order chi connectivity index (χ1) is 12.2. The number of benzene rings is 1. The predicted molar refractivity (Wildman–Crippen MR) is 104 cm³/mol. The van der Waals surface area contributed by atoms with Gasteiger partial charge in [-0.15, -0.1) is 23.7 Å². The highest BCUT2D eigenvalue weighted by molar-refractivity contribution is 7.15. The van der Waals surface area contributed by atoms with Crippen LogP contribution >= 0.6 is 23.7 Å². The van der Waals surface area contributed by atoms with Crippen molar-refractivity contribution in [2.75, 3.05) is 13.1 Å². The number of rotatable bonds is 6. The van der Waals surface area contributed by atoms with Crippen molar-refractivity contribution in [3.05, 3.63) is 40.7 Å². The molecule has 1 fully saturated rings. The third-order valence-corrected chi connectivity index (χ3v) is 6.05. The molecule has 2 N–H and O–H groups in total. The van der Waals surface area contributed by atoms with Gasteiger partial charge in [-0.2, -0.15) is 0 Å². The number of aromatic nitrogens is 1. The molecule has 4 rings (SSSR count). The molecule has 7 heteroatoms. The Balaban J connectivity index is 0.00000196. The zero-order valence-corrected chi connectivity index (χ0v) is 16.1. The van der Waals surface area contributed by atoms with Crippen LogP contribution < -0.4 is 10.6 Å². The summed E-state index contributed by atoms with van der Waals surface area (Å²) >= 11 is 1.61. The second-order valence-corrected chi connectivity index (χ2v) is 7.95. The Kier molecular flexibility index (Phi) is 6.27. The summed E-state index contributed by atoms with van der Waals surface area (Å²) in [5, 5.41) is 7.29. The largest absolute Gasteiger partial charge is 0.347 e. The number of nitrogens with one attached hydrogen (secondary N) is 2. The van der Waals surface area contributed by atoms with Crippen LogP contribution in [-0.4, -0.2) is 24.0 Å². The third-order valence-electron chi connectivity index (χ3n) is 4.79. The van der Waals surface area contributed by atoms with Gasteiger partial charge in [-0.3, -0.25) is 4.79 Å². The van der Waals surface area contributed by atoms with E-state index in [9.17, 15) is 9.18 Å². The summed E-state index contributed by atoms with van der Waals surface area (Å²) in [7, 11) is 0. The number of hydrogen-bond donors (Lipinski definition) is 2. The van der Waals surface area contributed by atoms with Crippen molar-refractivity contribution in [2.24, 2.45) is 5.92 Å². The van der Waals surface area contributed by atoms with Gasteiger partial charge >= 0.3 is 0 Å². The average Bonchev–Trinajstić information content (AvgIpc) is 3.32. The molecule has 0 saturated heterocycles. The number of fused-ring (bicyclic) bond motifs is 1. The van der Waals surface area contributed by atoms with Gasteiger partial charge in [-0.1, -0.05) is 0 Å². The Hall–Kier alpha value is -1.50. The topological polar surface area (TPSA) is 54.0 Å². The highest BCUT2D eigenvalue weighted by Crippen LogP contribution is 2.38. The molecule has 0 bridgehead atoms. The van der Waals surface area contributed by atoms with Gasteiger partial charge < -0.3 is 10.6 Å². The highest BCUT2D eigenvalue weighted by atomic mass is 35.5. The molecule has 0 radical (unpaired) electrons. The van der Waals surface area contributed by atoms with Crippen LogP contribution in [0.1, 0.15) is 42.3 Å². The van der Waals surface area contributed by atoms with Crippen molar-refractivity contribution in [3.63, 3.8) is 0 Å². The zero-order chi connectivity index (χ0) is 17.2. The summed E-state index contributed by atoms with van der Waals surface area (Å²) in [6.07, 6.45) is 5.49. The van der Waals surface area contributed by atoms with Crippen LogP contribution in [0.15, 0.2) is 24.3 Å². The molecule has 2 aliphatic rings. The molecule has 0 aliphatic heterocycles. The summed E-state index contributed by atoms with van der Waals surface area (Å²) in [5.41, 5.74) is 2.00. The van der Waals surface area contributed by atoms with Gasteiger partial charge in [0.05, 0.1) is 23.2 Å². The van der Waals surface area contributed by atoms with Crippen LogP contribution in [-0.2, 0) is 11.2 Å². The Bertz CT molecular complexity index is 761. The summed E-state index contributed by atoms with van der Waals surface area (Å²) in [6, 6.07) is 6.48. The van der Waals surface area contributed by atoms with Crippen LogP contribution in [0.3, 0.4) is 0 Å². The van der Waals surface area contributed by atoms with Crippen LogP contribution in [0.25, 0.3) is 10.6 Å². The molecule has 0 spiro atoms. The molecule has 1 amide bonds. The maximum Gasteiger partial charge on any atom is 0.234 e. The molecule has 4 nitrogen and oxygen atoms in total. The van der Waals surface area contributed by atoms with Crippen molar-refractivity contribution < 1.29 is 9.18 Å². The van der Waals surface area contributed by atoms with Crippen molar-refractivity contribution >= 4 is 29.7 Å². The molecule has 140 valence electrons. The van der Waals surface area contributed by atoms with E-state index < -0.39 is 0 Å². The summed E-state index contributed by atoms with van der Waals surface area (Å²) in [4.78, 5) is 18.1. The fourth-order valence-corrected chi connectivity index (χ4v) is 4.43. The van der Waals surface area contributed by atoms with Gasteiger partial charge in [0.1, 0.15) is 10.8 Å². The van der Waals surface area contributed by atoms with E-state index in [4.69, 9.17) is 4.98 Å². The van der Waals surface area contributed by atoms with Crippen LogP contribution in [0.4, 0.5) is 4.39 Å². The molecule has 1 aromatic heterocycles. The lowest BCUT2D eigenvalue weighted by molar-refractivity contribution is -0.121. The van der Waals surface area contributed by atoms with E-state index in [1.165, 1.54) is 25.0 Å². The number of thiazole rings is 1. The van der Waals surface area contributed by atoms with E-state index in [2.05, 4.69) is 10.6 Å². The second-order valence-electron chi connectivity index (χ2n) is 6.92. The van der Waals surface area contributed by atoms with E-state index in [-0.39, 0.29) is 30.2 Å². The molecule has 2 aliphatic carbocycles. The summed E-state index contributed by atoms with van der Waals surface area (Å²) < 4.78 is 13.1. The average molecular weight is 396 g/mol. The maximum atomic E-state index is 13.1. The summed E-state index contributed by atoms with van der Waals surface area (Å²) in [5.74, 6) is 0.581. The molecule has 1 atom stereocenters. The lowest BCUT2D eigenvalue weighted by Gasteiger charge is -2.22. The van der Waals surface area contributed by atoms with Gasteiger partial charge in [-0.25, -0.2) is 9.37 Å². The van der Waals surface area contributed by atoms with Crippen molar-refractivity contribution in [1.82, 2.24) is 15.6 Å². The standard InChI is InChI=1S/C19H22FN3OS.ClH/c20-14-8-6-13(7-9-14)19-23-16-3-1-2-15(18(16)25-19)22-17(24)11-21-10-12-4-5-12;/h6-9,12,15,21H,1-5,10-11H2,(H,22,24);1H. The fraction of sp³-hybridized carbons (Fsp3) is 0.474. The Labute approximate surface area is 163 Å². The lowest BCUT2D eigenvalue weighted by Crippen LogP contribution is -2.37. The maximum absolute atomic E-state index is 13.1. The molecular formula is C19H23ClFN3OS. The van der Waals surface area contributed by atoms with Gasteiger partial charge in [-0.05, 0) is 68.8 Å². The van der Waals surface area contributed by atoms with E-state index in [1.54, 1.807) is 23.5 Å². The van der Waals surface area contributed by atoms with E-state index in [0.29, 0.717) is 6.54 Å². The predicted octanol–water partition coefficient (Wildman–Crippen LogP) is 3.86. The Morgan fingerprint density at radius 1 is 1.23 bits per heavy atom. The molecule has 26 heavy (non-hydrogen) atoms. The number of carbonyl (C=O) groups is 1. The normalized spacial score (nSPS) is 18.7. The minimum absolute atomic E-state index is 0. The molecule has 1 unspecified atom stereocenters. The lowest BCUT2D eigenvalue weighted by atomic mass is 9.98. The first-order valence-corrected chi connectivity index (χ1v) is 9.76. The van der Waals surface area contributed by atoms with Gasteiger partial charge in [0, 0.05) is 5.56 Å². The third kappa shape index (κ3) is 4.61. The molecular weight excluding hydrogens is 373 g/mol. The first kappa shape index (κ1) is 19.3. The molecule has 1 aromatic carbocycles. The smallest absolute Gasteiger partial charge is 0.234 e. The number of halogens is 2. The van der Waals surface area contributed by atoms with Crippen molar-refractivity contribution in [1.29, 1.82) is 0 Å². The number of aryl methyl sites for hydroxylation is 1. The number of nitrogens with zero attached hydrogens (tertiary/aromatic N) is 1. The Morgan fingerprint density at radius 2 is 2.00 bits per heavy atom. The van der Waals surface area contributed by atoms with Crippen LogP contribution in [0.2, 0.25) is 0 Å². The quantitative estimate of drug-likeness (QED) is 0.780. The van der Waals surface area contributed by atoms with E-state index in [1.807, 2.05) is 0 Å². The summed E-state index contributed by atoms with van der Waals surface area (Å²) in [6.45, 7) is 1.32. The molecule has 2 aromatic rings. The van der Waals surface area contributed by atoms with Gasteiger partial charge in [0.2, 0.25) is 5.91 Å². The fourth-order valence-electron chi connectivity index (χ4n) is 3.23. The molecule has 1 heterocycles. The second kappa shape index (κ2) is 8.46. The van der Waals surface area contributed by atoms with Gasteiger partial charge in [0.25, 0.3) is 0 Å². The first-order valence-electron chi connectivity index (χ1n) is 8.94. The van der Waals surface area contributed by atoms with Crippen LogP contribution in [0.5, 0.6) is 0 Å². The highest BCUT2D eigenvalue weighted by Gasteiger charge is 2.26. The van der Waals surface area contributed by atoms with Crippen molar-refractivity contribution in [3.8, 4) is 10.6 Å². The van der Waals surface area contributed by atoms with E-state index >= 15 is 0 Å². The number of hydrogen-bond acceptors (Lipinski definition) is 4. The SMILES string of the molecule is Cl.O=C(CNCC1CC1)NC1CCCc2nc(-c3ccc(F)cc3)sc21. The minimum Gasteiger partial charge on any atom is -0.347 e. The van der Waals surface area contributed by atoms with E-state index in [0.717, 1.165) is 52.9 Å².